The van der Waals surface area contributed by atoms with E-state index in [1.54, 1.807) is 12.1 Å². The molecule has 21 heavy (non-hydrogen) atoms. The molecular weight excluding hydrogens is 266 g/mol. The molecule has 2 fully saturated rings. The predicted molar refractivity (Wildman–Crippen MR) is 81.4 cm³/mol. The van der Waals surface area contributed by atoms with Crippen molar-refractivity contribution in [1.82, 2.24) is 14.8 Å². The van der Waals surface area contributed by atoms with E-state index in [9.17, 15) is 9.59 Å². The van der Waals surface area contributed by atoms with Crippen molar-refractivity contribution < 1.29 is 4.79 Å². The smallest absolute Gasteiger partial charge is 0.270 e. The lowest BCUT2D eigenvalue weighted by molar-refractivity contribution is -0.0349. The number of likely N-dealkylation sites (tertiary alicyclic amines) is 2. The average molecular weight is 289 g/mol. The molecule has 0 saturated carbocycles. The van der Waals surface area contributed by atoms with Crippen molar-refractivity contribution in [2.24, 2.45) is 0 Å². The van der Waals surface area contributed by atoms with Crippen LogP contribution < -0.4 is 5.56 Å². The maximum absolute atomic E-state index is 12.9. The number of hydrogen-bond donors (Lipinski definition) is 1. The van der Waals surface area contributed by atoms with Crippen molar-refractivity contribution in [2.75, 3.05) is 20.1 Å². The summed E-state index contributed by atoms with van der Waals surface area (Å²) >= 11 is 0. The van der Waals surface area contributed by atoms with Crippen molar-refractivity contribution in [1.29, 1.82) is 0 Å². The Hall–Kier alpha value is -1.62. The summed E-state index contributed by atoms with van der Waals surface area (Å²) in [5.41, 5.74) is 0.0487. The highest BCUT2D eigenvalue weighted by Crippen LogP contribution is 2.38. The van der Waals surface area contributed by atoms with E-state index in [2.05, 4.69) is 23.9 Å². The molecule has 3 heterocycles. The maximum atomic E-state index is 12.9. The fourth-order valence-corrected chi connectivity index (χ4v) is 4.08. The van der Waals surface area contributed by atoms with Gasteiger partial charge >= 0.3 is 0 Å². The fourth-order valence-electron chi connectivity index (χ4n) is 4.08. The van der Waals surface area contributed by atoms with Gasteiger partial charge in [-0.1, -0.05) is 6.07 Å². The lowest BCUT2D eigenvalue weighted by Gasteiger charge is -2.55. The minimum absolute atomic E-state index is 0.0461. The lowest BCUT2D eigenvalue weighted by atomic mass is 9.76. The van der Waals surface area contributed by atoms with Crippen molar-refractivity contribution in [2.45, 2.75) is 44.2 Å². The Balaban J connectivity index is 1.93. The molecule has 5 nitrogen and oxygen atoms in total. The molecule has 0 aliphatic carbocycles. The van der Waals surface area contributed by atoms with Gasteiger partial charge in [-0.2, -0.15) is 0 Å². The van der Waals surface area contributed by atoms with Gasteiger partial charge in [0, 0.05) is 18.7 Å². The SMILES string of the molecule is CN1CCC[C@@]2(C)[C@@H]1CCCN2C(=O)c1cccc(=O)[nH]1. The first-order chi connectivity index (χ1) is 10.0. The molecule has 2 aliphatic heterocycles. The van der Waals surface area contributed by atoms with Crippen LogP contribution in [-0.2, 0) is 0 Å². The maximum Gasteiger partial charge on any atom is 0.270 e. The van der Waals surface area contributed by atoms with Crippen molar-refractivity contribution in [3.8, 4) is 0 Å². The van der Waals surface area contributed by atoms with Gasteiger partial charge in [0.2, 0.25) is 5.56 Å². The number of nitrogens with zero attached hydrogens (tertiary/aromatic N) is 2. The molecular formula is C16H23N3O2. The summed E-state index contributed by atoms with van der Waals surface area (Å²) in [5.74, 6) is -0.0461. The van der Waals surface area contributed by atoms with Crippen molar-refractivity contribution >= 4 is 5.91 Å². The second-order valence-corrected chi connectivity index (χ2v) is 6.48. The van der Waals surface area contributed by atoms with Crippen LogP contribution in [0, 0.1) is 0 Å². The molecule has 2 saturated heterocycles. The topological polar surface area (TPSA) is 56.4 Å². The van der Waals surface area contributed by atoms with Gasteiger partial charge in [-0.25, -0.2) is 0 Å². The standard InChI is InChI=1S/C16H23N3O2/c1-16-9-5-10-18(2)13(16)7-4-11-19(16)15(21)12-6-3-8-14(20)17-12/h3,6,8,13H,4-5,7,9-11H2,1-2H3,(H,17,20)/t13-,16-/m0/s1. The summed E-state index contributed by atoms with van der Waals surface area (Å²) in [6.07, 6.45) is 4.30. The summed E-state index contributed by atoms with van der Waals surface area (Å²) in [6, 6.07) is 5.19. The van der Waals surface area contributed by atoms with Crippen LogP contribution >= 0.6 is 0 Å². The Morgan fingerprint density at radius 3 is 2.90 bits per heavy atom. The molecule has 1 amide bonds. The number of fused-ring (bicyclic) bond motifs is 1. The number of amides is 1. The molecule has 1 N–H and O–H groups in total. The summed E-state index contributed by atoms with van der Waals surface area (Å²) < 4.78 is 0. The number of hydrogen-bond acceptors (Lipinski definition) is 3. The predicted octanol–water partition coefficient (Wildman–Crippen LogP) is 1.46. The number of carbonyl (C=O) groups excluding carboxylic acids is 1. The largest absolute Gasteiger partial charge is 0.330 e. The highest BCUT2D eigenvalue weighted by molar-refractivity contribution is 5.93. The highest BCUT2D eigenvalue weighted by atomic mass is 16.2. The Bertz CT molecular complexity index is 597. The molecule has 114 valence electrons. The van der Waals surface area contributed by atoms with Crippen LogP contribution in [-0.4, -0.2) is 52.4 Å². The molecule has 0 bridgehead atoms. The summed E-state index contributed by atoms with van der Waals surface area (Å²) in [7, 11) is 2.15. The highest BCUT2D eigenvalue weighted by Gasteiger charge is 2.48. The molecule has 3 rings (SSSR count). The Morgan fingerprint density at radius 1 is 1.33 bits per heavy atom. The fraction of sp³-hybridized carbons (Fsp3) is 0.625. The van der Waals surface area contributed by atoms with Gasteiger partial charge in [-0.3, -0.25) is 9.59 Å². The third kappa shape index (κ3) is 2.39. The molecule has 0 aromatic carbocycles. The zero-order valence-corrected chi connectivity index (χ0v) is 12.8. The number of aromatic nitrogens is 1. The number of piperidine rings is 2. The molecule has 1 aromatic rings. The van der Waals surface area contributed by atoms with Gasteiger partial charge in [0.15, 0.2) is 0 Å². The molecule has 2 atom stereocenters. The normalized spacial score (nSPS) is 30.0. The van der Waals surface area contributed by atoms with Crippen molar-refractivity contribution in [3.05, 3.63) is 34.2 Å². The lowest BCUT2D eigenvalue weighted by Crippen LogP contribution is -2.66. The summed E-state index contributed by atoms with van der Waals surface area (Å²) in [6.45, 7) is 4.08. The second-order valence-electron chi connectivity index (χ2n) is 6.48. The van der Waals surface area contributed by atoms with E-state index in [4.69, 9.17) is 0 Å². The van der Waals surface area contributed by atoms with Gasteiger partial charge in [0.05, 0.1) is 5.54 Å². The Morgan fingerprint density at radius 2 is 2.14 bits per heavy atom. The van der Waals surface area contributed by atoms with E-state index in [1.807, 2.05) is 4.90 Å². The van der Waals surface area contributed by atoms with Gasteiger partial charge in [0.1, 0.15) is 5.69 Å². The quantitative estimate of drug-likeness (QED) is 0.851. The number of rotatable bonds is 1. The molecule has 0 unspecified atom stereocenters. The van der Waals surface area contributed by atoms with Crippen LogP contribution in [0.25, 0.3) is 0 Å². The summed E-state index contributed by atoms with van der Waals surface area (Å²) in [4.78, 5) is 31.4. The van der Waals surface area contributed by atoms with Gasteiger partial charge in [-0.15, -0.1) is 0 Å². The Labute approximate surface area is 124 Å². The van der Waals surface area contributed by atoms with Crippen molar-refractivity contribution in [3.63, 3.8) is 0 Å². The van der Waals surface area contributed by atoms with Crippen LogP contribution in [0.3, 0.4) is 0 Å². The minimum Gasteiger partial charge on any atom is -0.330 e. The first-order valence-corrected chi connectivity index (χ1v) is 7.74. The van der Waals surface area contributed by atoms with Gasteiger partial charge in [-0.05, 0) is 52.3 Å². The first-order valence-electron chi connectivity index (χ1n) is 7.74. The van der Waals surface area contributed by atoms with Crippen LogP contribution in [0.2, 0.25) is 0 Å². The molecule has 0 radical (unpaired) electrons. The third-order valence-electron chi connectivity index (χ3n) is 5.16. The number of carbonyl (C=O) groups is 1. The monoisotopic (exact) mass is 289 g/mol. The van der Waals surface area contributed by atoms with Gasteiger partial charge in [0.25, 0.3) is 5.91 Å². The van der Waals surface area contributed by atoms with Crippen LogP contribution in [0.1, 0.15) is 43.1 Å². The van der Waals surface area contributed by atoms with Crippen LogP contribution in [0.5, 0.6) is 0 Å². The molecule has 0 spiro atoms. The van der Waals surface area contributed by atoms with E-state index in [1.165, 1.54) is 6.07 Å². The molecule has 5 heteroatoms. The summed E-state index contributed by atoms with van der Waals surface area (Å²) in [5, 5.41) is 0. The number of H-pyrrole nitrogens is 1. The van der Waals surface area contributed by atoms with E-state index >= 15 is 0 Å². The van der Waals surface area contributed by atoms with E-state index < -0.39 is 0 Å². The number of likely N-dealkylation sites (N-methyl/N-ethyl adjacent to an activating group) is 1. The van der Waals surface area contributed by atoms with E-state index in [0.717, 1.165) is 38.8 Å². The molecule has 1 aromatic heterocycles. The number of nitrogens with one attached hydrogen (secondary N) is 1. The van der Waals surface area contributed by atoms with Gasteiger partial charge < -0.3 is 14.8 Å². The first kappa shape index (κ1) is 14.3. The van der Waals surface area contributed by atoms with E-state index in [-0.39, 0.29) is 17.0 Å². The van der Waals surface area contributed by atoms with E-state index in [0.29, 0.717) is 11.7 Å². The Kier molecular flexibility index (Phi) is 3.61. The van der Waals surface area contributed by atoms with Crippen LogP contribution in [0.15, 0.2) is 23.0 Å². The second kappa shape index (κ2) is 5.30. The third-order valence-corrected chi connectivity index (χ3v) is 5.16. The zero-order chi connectivity index (χ0) is 15.0. The van der Waals surface area contributed by atoms with Crippen LogP contribution in [0.4, 0.5) is 0 Å². The number of aromatic amines is 1. The zero-order valence-electron chi connectivity index (χ0n) is 12.8. The molecule has 2 aliphatic rings. The minimum atomic E-state index is -0.222. The average Bonchev–Trinajstić information content (AvgIpc) is 2.46. The number of pyridine rings is 1.